The molecule has 0 amide bonds. The number of hydrogen-bond acceptors (Lipinski definition) is 5. The van der Waals surface area contributed by atoms with Crippen LogP contribution in [0.1, 0.15) is 28.8 Å². The van der Waals surface area contributed by atoms with Gasteiger partial charge < -0.3 is 29.6 Å². The minimum Gasteiger partial charge on any atom is -0.467 e. The van der Waals surface area contributed by atoms with Gasteiger partial charge in [-0.3, -0.25) is 4.99 Å². The van der Waals surface area contributed by atoms with Crippen molar-refractivity contribution in [3.63, 3.8) is 0 Å². The molecule has 1 aromatic heterocycles. The Kier molecular flexibility index (Phi) is 7.87. The number of benzene rings is 1. The van der Waals surface area contributed by atoms with E-state index in [0.717, 1.165) is 5.76 Å². The van der Waals surface area contributed by atoms with Gasteiger partial charge in [0.2, 0.25) is 0 Å². The van der Waals surface area contributed by atoms with Crippen LogP contribution in [0.5, 0.6) is 5.75 Å². The zero-order valence-corrected chi connectivity index (χ0v) is 17.5. The van der Waals surface area contributed by atoms with E-state index in [0.29, 0.717) is 41.7 Å². The fourth-order valence-corrected chi connectivity index (χ4v) is 2.71. The second-order valence-electron chi connectivity index (χ2n) is 5.93. The minimum absolute atomic E-state index is 0. The maximum Gasteiger partial charge on any atom is 0.191 e. The summed E-state index contributed by atoms with van der Waals surface area (Å²) in [5, 5.41) is 16.2. The van der Waals surface area contributed by atoms with Crippen LogP contribution in [0.4, 0.5) is 4.39 Å². The average molecular weight is 491 g/mol. The van der Waals surface area contributed by atoms with Crippen molar-refractivity contribution in [1.29, 1.82) is 0 Å². The van der Waals surface area contributed by atoms with Crippen molar-refractivity contribution < 1.29 is 23.4 Å². The number of aryl methyl sites for hydroxylation is 1. The molecule has 0 spiro atoms. The molecule has 0 saturated carbocycles. The van der Waals surface area contributed by atoms with Crippen molar-refractivity contribution in [2.45, 2.75) is 26.2 Å². The number of nitrogens with one attached hydrogen (secondary N) is 2. The molecule has 7 nitrogen and oxygen atoms in total. The highest BCUT2D eigenvalue weighted by molar-refractivity contribution is 14.0. The summed E-state index contributed by atoms with van der Waals surface area (Å²) in [6.07, 6.45) is -0.801. The molecule has 3 N–H and O–H groups in total. The molecule has 9 heteroatoms. The normalized spacial score (nSPS) is 14.6. The number of aliphatic imine (C=N–C) groups is 1. The lowest BCUT2D eigenvalue weighted by Gasteiger charge is -2.21. The molecule has 2 heterocycles. The van der Waals surface area contributed by atoms with E-state index in [1.807, 2.05) is 6.92 Å². The van der Waals surface area contributed by atoms with E-state index >= 15 is 0 Å². The summed E-state index contributed by atoms with van der Waals surface area (Å²) in [5.74, 6) is 1.98. The molecule has 1 unspecified atom stereocenters. The fourth-order valence-electron chi connectivity index (χ4n) is 2.71. The predicted molar refractivity (Wildman–Crippen MR) is 109 cm³/mol. The Morgan fingerprint density at radius 1 is 1.33 bits per heavy atom. The molecule has 0 aliphatic carbocycles. The van der Waals surface area contributed by atoms with Gasteiger partial charge in [0.15, 0.2) is 12.8 Å². The number of ether oxygens (including phenoxy) is 2. The molecule has 3 rings (SSSR count). The Hall–Kier alpha value is -1.85. The van der Waals surface area contributed by atoms with Gasteiger partial charge in [0.1, 0.15) is 29.2 Å². The minimum atomic E-state index is -0.801. The summed E-state index contributed by atoms with van der Waals surface area (Å²) in [6, 6.07) is 6.36. The van der Waals surface area contributed by atoms with Gasteiger partial charge in [-0.25, -0.2) is 4.39 Å². The monoisotopic (exact) mass is 491 g/mol. The van der Waals surface area contributed by atoms with Gasteiger partial charge in [-0.2, -0.15) is 0 Å². The second kappa shape index (κ2) is 9.90. The van der Waals surface area contributed by atoms with Gasteiger partial charge in [-0.1, -0.05) is 0 Å². The summed E-state index contributed by atoms with van der Waals surface area (Å²) in [4.78, 5) is 4.10. The zero-order valence-electron chi connectivity index (χ0n) is 15.1. The summed E-state index contributed by atoms with van der Waals surface area (Å²) in [6.45, 7) is 2.82. The average Bonchev–Trinajstić information content (AvgIpc) is 3.07. The van der Waals surface area contributed by atoms with Gasteiger partial charge in [0.25, 0.3) is 0 Å². The highest BCUT2D eigenvalue weighted by atomic mass is 127. The molecule has 2 aromatic rings. The lowest BCUT2D eigenvalue weighted by Crippen LogP contribution is -2.39. The first kappa shape index (κ1) is 21.5. The molecule has 1 aliphatic rings. The Morgan fingerprint density at radius 2 is 2.15 bits per heavy atom. The third kappa shape index (κ3) is 5.56. The molecule has 0 fully saturated rings. The Morgan fingerprint density at radius 3 is 2.85 bits per heavy atom. The van der Waals surface area contributed by atoms with E-state index in [-0.39, 0.29) is 43.1 Å². The number of guanidine groups is 1. The number of rotatable bonds is 5. The number of aliphatic hydroxyl groups excluding tert-OH is 1. The standard InChI is InChI=1S/C18H22FN3O4.HI/c1-11-3-4-16(26-11)15(23)8-22-18(20-2)21-7-12-5-14(19)6-13-9-24-10-25-17(12)13;/h3-6,15,23H,7-10H2,1-2H3,(H2,20,21,22);1H. The van der Waals surface area contributed by atoms with Crippen LogP contribution in [0.3, 0.4) is 0 Å². The maximum absolute atomic E-state index is 13.8. The largest absolute Gasteiger partial charge is 0.467 e. The summed E-state index contributed by atoms with van der Waals surface area (Å²) >= 11 is 0. The van der Waals surface area contributed by atoms with E-state index in [4.69, 9.17) is 13.9 Å². The first-order valence-corrected chi connectivity index (χ1v) is 8.27. The molecule has 0 saturated heterocycles. The van der Waals surface area contributed by atoms with E-state index in [1.165, 1.54) is 12.1 Å². The summed E-state index contributed by atoms with van der Waals surface area (Å²) in [5.41, 5.74) is 1.35. The number of nitrogens with zero attached hydrogens (tertiary/aromatic N) is 1. The predicted octanol–water partition coefficient (Wildman–Crippen LogP) is 2.61. The van der Waals surface area contributed by atoms with Crippen molar-refractivity contribution in [1.82, 2.24) is 10.6 Å². The lowest BCUT2D eigenvalue weighted by molar-refractivity contribution is -0.0173. The molecule has 0 bridgehead atoms. The van der Waals surface area contributed by atoms with Crippen molar-refractivity contribution >= 4 is 29.9 Å². The molecular weight excluding hydrogens is 468 g/mol. The van der Waals surface area contributed by atoms with Crippen LogP contribution in [-0.2, 0) is 17.9 Å². The lowest BCUT2D eigenvalue weighted by atomic mass is 10.1. The highest BCUT2D eigenvalue weighted by Gasteiger charge is 2.17. The third-order valence-electron chi connectivity index (χ3n) is 3.97. The van der Waals surface area contributed by atoms with Crippen LogP contribution in [0.2, 0.25) is 0 Å². The molecule has 1 aliphatic heterocycles. The smallest absolute Gasteiger partial charge is 0.191 e. The number of halogens is 2. The van der Waals surface area contributed by atoms with Crippen molar-refractivity contribution in [2.75, 3.05) is 20.4 Å². The first-order chi connectivity index (χ1) is 12.6. The van der Waals surface area contributed by atoms with Gasteiger partial charge in [-0.05, 0) is 31.2 Å². The van der Waals surface area contributed by atoms with E-state index in [9.17, 15) is 9.50 Å². The van der Waals surface area contributed by atoms with Gasteiger partial charge >= 0.3 is 0 Å². The number of aliphatic hydroxyl groups is 1. The topological polar surface area (TPSA) is 88.3 Å². The van der Waals surface area contributed by atoms with E-state index in [1.54, 1.807) is 19.2 Å². The van der Waals surface area contributed by atoms with E-state index in [2.05, 4.69) is 15.6 Å². The van der Waals surface area contributed by atoms with Crippen molar-refractivity contribution in [2.24, 2.45) is 4.99 Å². The summed E-state index contributed by atoms with van der Waals surface area (Å²) in [7, 11) is 1.62. The molecule has 0 radical (unpaired) electrons. The van der Waals surface area contributed by atoms with Crippen LogP contribution in [-0.4, -0.2) is 31.5 Å². The third-order valence-corrected chi connectivity index (χ3v) is 3.97. The Labute approximate surface area is 174 Å². The first-order valence-electron chi connectivity index (χ1n) is 8.27. The van der Waals surface area contributed by atoms with Crippen LogP contribution in [0.25, 0.3) is 0 Å². The van der Waals surface area contributed by atoms with Crippen LogP contribution in [0.15, 0.2) is 33.7 Å². The SMILES string of the molecule is CN=C(NCc1cc(F)cc2c1OCOC2)NCC(O)c1ccc(C)o1.I. The van der Waals surface area contributed by atoms with Crippen molar-refractivity contribution in [3.05, 3.63) is 52.7 Å². The van der Waals surface area contributed by atoms with Gasteiger partial charge in [-0.15, -0.1) is 24.0 Å². The molecule has 1 aromatic carbocycles. The molecule has 27 heavy (non-hydrogen) atoms. The number of furan rings is 1. The van der Waals surface area contributed by atoms with E-state index < -0.39 is 6.10 Å². The number of fused-ring (bicyclic) bond motifs is 1. The van der Waals surface area contributed by atoms with Crippen LogP contribution in [0, 0.1) is 12.7 Å². The Bertz CT molecular complexity index is 797. The van der Waals surface area contributed by atoms with Gasteiger partial charge in [0, 0.05) is 24.7 Å². The van der Waals surface area contributed by atoms with Crippen LogP contribution >= 0.6 is 24.0 Å². The van der Waals surface area contributed by atoms with Crippen LogP contribution < -0.4 is 15.4 Å². The van der Waals surface area contributed by atoms with Crippen molar-refractivity contribution in [3.8, 4) is 5.75 Å². The highest BCUT2D eigenvalue weighted by Crippen LogP contribution is 2.29. The quantitative estimate of drug-likeness (QED) is 0.339. The Balaban J connectivity index is 0.00000261. The molecule has 148 valence electrons. The number of hydrogen-bond donors (Lipinski definition) is 3. The summed E-state index contributed by atoms with van der Waals surface area (Å²) < 4.78 is 29.8. The van der Waals surface area contributed by atoms with Gasteiger partial charge in [0.05, 0.1) is 13.2 Å². The second-order valence-corrected chi connectivity index (χ2v) is 5.93. The molecular formula is C18H23FIN3O4. The molecule has 1 atom stereocenters. The maximum atomic E-state index is 13.8. The fraction of sp³-hybridized carbons (Fsp3) is 0.389. The zero-order chi connectivity index (χ0) is 18.5.